The van der Waals surface area contributed by atoms with Crippen LogP contribution in [0.25, 0.3) is 0 Å². The van der Waals surface area contributed by atoms with Gasteiger partial charge in [0.15, 0.2) is 35.2 Å². The van der Waals surface area contributed by atoms with Crippen LogP contribution < -0.4 is 0 Å². The normalized spacial score (nSPS) is 39.7. The Hall–Kier alpha value is -3.47. The topological polar surface area (TPSA) is 260 Å². The summed E-state index contributed by atoms with van der Waals surface area (Å²) in [7, 11) is 0. The molecule has 4 heterocycles. The molecule has 122 heavy (non-hydrogen) atoms. The number of fused-ring (bicyclic) bond motifs is 7. The largest absolute Gasteiger partial charge is 0.393 e. The van der Waals surface area contributed by atoms with Crippen LogP contribution in [0.1, 0.15) is 384 Å². The molecular weight excluding hydrogens is 1540 g/mol. The van der Waals surface area contributed by atoms with Crippen LogP contribution in [0.15, 0.2) is 57.2 Å². The Bertz CT molecular complexity index is 3760. The molecule has 9 saturated carbocycles. The van der Waals surface area contributed by atoms with E-state index in [0.717, 1.165) is 217 Å². The Kier molecular flexibility index (Phi) is 32.1. The Morgan fingerprint density at radius 3 is 1.20 bits per heavy atom. The minimum absolute atomic E-state index is 0.00350. The lowest BCUT2D eigenvalue weighted by Gasteiger charge is -2.61. The van der Waals surface area contributed by atoms with Crippen molar-refractivity contribution in [3.05, 3.63) is 57.2 Å². The van der Waals surface area contributed by atoms with Gasteiger partial charge in [0.05, 0.1) is 76.3 Å². The second kappa shape index (κ2) is 38.9. The summed E-state index contributed by atoms with van der Waals surface area (Å²) >= 11 is 0. The molecule has 18 rings (SSSR count). The third-order valence-electron chi connectivity index (χ3n) is 35.8. The van der Waals surface area contributed by atoms with Crippen molar-refractivity contribution in [1.82, 2.24) is 0 Å². The molecule has 0 aromatic carbocycles. The maximum atomic E-state index is 12.4. The van der Waals surface area contributed by atoms with E-state index in [-0.39, 0.29) is 119 Å². The van der Waals surface area contributed by atoms with E-state index < -0.39 is 17.4 Å². The fourth-order valence-corrected chi connectivity index (χ4v) is 27.5. The van der Waals surface area contributed by atoms with E-state index in [1.165, 1.54) is 40.7 Å². The van der Waals surface area contributed by atoms with Gasteiger partial charge >= 0.3 is 0 Å². The predicted octanol–water partition coefficient (Wildman–Crippen LogP) is 21.2. The molecule has 0 radical (unpaired) electrons. The summed E-state index contributed by atoms with van der Waals surface area (Å²) in [5.74, 6) is 1.30. The SMILES string of the molecule is CC.CC.CC1(C)C(=O)CC[C@]2(C)C1=CCC[C@H]2O.CC1(C)C(=O)CC[C@]2(C)C1=CCC[C@H]2OC1CCCCO1.CC1(C)C2=CCC[C@@H](O)[C@]2(C)CCC12OCCO2.CC1(C)[C@H]2CCCC(=O)[C@]2(C)CCC12OCCO2.CC1(C)[C@H]2CCC[C@@H](O)[C@]2(C)CCC12OCCO2.CC1=C2CCC[C@@H](O)[C@]2(C)CCC1=O.CC1=C2CCC[C@@H](O)[C@]2(C)CCC1=O. The van der Waals surface area contributed by atoms with E-state index in [1.54, 1.807) is 0 Å². The van der Waals surface area contributed by atoms with E-state index in [2.05, 4.69) is 122 Å². The average molecular weight is 1710 g/mol. The molecule has 3 spiro atoms. The number of hydrogen-bond acceptors (Lipinski definition) is 18. The first-order valence-corrected chi connectivity index (χ1v) is 48.9. The van der Waals surface area contributed by atoms with E-state index in [0.29, 0.717) is 81.3 Å². The van der Waals surface area contributed by atoms with Gasteiger partial charge in [0.25, 0.3) is 0 Å². The number of allylic oxidation sites excluding steroid dienone is 5. The summed E-state index contributed by atoms with van der Waals surface area (Å²) in [6, 6.07) is 0. The molecule has 18 aliphatic rings. The summed E-state index contributed by atoms with van der Waals surface area (Å²) < 4.78 is 48.1. The smallest absolute Gasteiger partial charge is 0.177 e. The predicted molar refractivity (Wildman–Crippen MR) is 480 cm³/mol. The van der Waals surface area contributed by atoms with Crippen molar-refractivity contribution in [2.45, 2.75) is 444 Å². The molecule has 14 aliphatic carbocycles. The molecule has 18 nitrogen and oxygen atoms in total. The quantitative estimate of drug-likeness (QED) is 0.161. The molecule has 16 atom stereocenters. The molecule has 0 bridgehead atoms. The molecule has 4 saturated heterocycles. The van der Waals surface area contributed by atoms with E-state index >= 15 is 0 Å². The van der Waals surface area contributed by atoms with Gasteiger partial charge in [-0.3, -0.25) is 24.0 Å². The zero-order chi connectivity index (χ0) is 90.1. The molecule has 13 fully saturated rings. The Morgan fingerprint density at radius 1 is 0.328 bits per heavy atom. The van der Waals surface area contributed by atoms with E-state index in [1.807, 2.05) is 55.4 Å². The van der Waals surface area contributed by atoms with Crippen LogP contribution in [0, 0.1) is 76.8 Å². The van der Waals surface area contributed by atoms with Gasteiger partial charge in [-0.1, -0.05) is 170 Å². The van der Waals surface area contributed by atoms with Crippen molar-refractivity contribution < 1.29 is 87.4 Å². The van der Waals surface area contributed by atoms with Crippen LogP contribution >= 0.6 is 0 Å². The van der Waals surface area contributed by atoms with Gasteiger partial charge in [0.2, 0.25) is 0 Å². The van der Waals surface area contributed by atoms with Crippen molar-refractivity contribution in [1.29, 1.82) is 0 Å². The van der Waals surface area contributed by atoms with Crippen molar-refractivity contribution in [3.8, 4) is 0 Å². The third-order valence-corrected chi connectivity index (χ3v) is 35.8. The molecule has 1 unspecified atom stereocenters. The third kappa shape index (κ3) is 18.3. The van der Waals surface area contributed by atoms with E-state index in [9.17, 15) is 49.5 Å². The first-order chi connectivity index (χ1) is 57.2. The van der Waals surface area contributed by atoms with Crippen LogP contribution in [0.2, 0.25) is 0 Å². The summed E-state index contributed by atoms with van der Waals surface area (Å²) in [6.45, 7) is 53.7. The Balaban J connectivity index is 0.000000149. The number of carbonyl (C=O) groups excluding carboxylic acids is 5. The minimum Gasteiger partial charge on any atom is -0.393 e. The second-order valence-electron chi connectivity index (χ2n) is 43.8. The minimum atomic E-state index is -0.463. The average Bonchev–Trinajstić information content (AvgIpc) is 1.34. The fraction of sp³-hybridized carbons (Fsp3) is 0.856. The van der Waals surface area contributed by atoms with Crippen LogP contribution in [0.3, 0.4) is 0 Å². The van der Waals surface area contributed by atoms with Crippen LogP contribution in [0.5, 0.6) is 0 Å². The summed E-state index contributed by atoms with van der Waals surface area (Å²) in [4.78, 5) is 59.7. The number of aliphatic hydroxyl groups is 5. The molecule has 4 aliphatic heterocycles. The summed E-state index contributed by atoms with van der Waals surface area (Å²) in [5, 5.41) is 51.0. The molecular formula is C104H170O18. The van der Waals surface area contributed by atoms with Crippen LogP contribution in [-0.2, 0) is 61.9 Å². The van der Waals surface area contributed by atoms with Gasteiger partial charge in [0, 0.05) is 118 Å². The number of ether oxygens (including phenoxy) is 8. The van der Waals surface area contributed by atoms with Gasteiger partial charge in [-0.2, -0.15) is 0 Å². The summed E-state index contributed by atoms with van der Waals surface area (Å²) in [5.41, 5.74) is 6.62. The zero-order valence-electron chi connectivity index (χ0n) is 80.7. The van der Waals surface area contributed by atoms with Gasteiger partial charge in [-0.15, -0.1) is 0 Å². The van der Waals surface area contributed by atoms with Gasteiger partial charge in [-0.05, 0) is 237 Å². The monoisotopic (exact) mass is 1710 g/mol. The molecule has 0 aromatic heterocycles. The number of carbonyl (C=O) groups is 5. The number of Topliss-reactive ketones (excluding diaryl/α,β-unsaturated/α-hetero) is 5. The molecule has 0 amide bonds. The lowest BCUT2D eigenvalue weighted by Crippen LogP contribution is -2.62. The standard InChI is InChI=1S/C18H28O3.C15H26O3.2C15H24O3.C13H20O2.2C12H18O2.2C2H6/c1-17(2)13-7-6-8-15(18(13,3)11-10-14(17)19)21-16-9-4-5-12-20-16;3*1-13(2)11-5-4-6-12(16)14(11,3)7-8-15(13)17-9-10-18-15;1-12(2)9-5-4-6-11(15)13(9,3)8-7-10(12)14;2*1-8-9-4-3-5-11(14)12(9,2)7-6-10(8)13;2*1-2/h7,15-16H,4-6,8-12H2,1-3H3;11-12,16H,4-10H2,1-3H3;11H,4-10H2,1-3H3;5,12,16H,4,6-10H2,1-3H3;5,11,15H,4,6-8H2,1-3H3;2*11,14H,3-7H2,1-2H3;2*1-2H3/t15-,16?,18-;11-,12-,14-;11-,14-;12-,14-;11-,13-;2*11-,12-;;/m1111111../s1. The first kappa shape index (κ1) is 101. The Morgan fingerprint density at radius 2 is 0.713 bits per heavy atom. The number of aliphatic hydroxyl groups excluding tert-OH is 5. The second-order valence-corrected chi connectivity index (χ2v) is 43.8. The lowest BCUT2D eigenvalue weighted by atomic mass is 9.48. The molecule has 18 heteroatoms. The van der Waals surface area contributed by atoms with Crippen molar-refractivity contribution in [2.24, 2.45) is 76.8 Å². The van der Waals surface area contributed by atoms with Crippen molar-refractivity contribution >= 4 is 28.9 Å². The van der Waals surface area contributed by atoms with E-state index in [4.69, 9.17) is 37.9 Å². The zero-order valence-corrected chi connectivity index (χ0v) is 80.7. The van der Waals surface area contributed by atoms with Crippen molar-refractivity contribution in [2.75, 3.05) is 46.2 Å². The maximum absolute atomic E-state index is 12.4. The Labute approximate surface area is 737 Å². The lowest BCUT2D eigenvalue weighted by molar-refractivity contribution is -0.297. The van der Waals surface area contributed by atoms with Crippen molar-refractivity contribution in [3.63, 3.8) is 0 Å². The number of rotatable bonds is 2. The highest BCUT2D eigenvalue weighted by atomic mass is 16.8. The number of ketones is 5. The molecule has 0 aromatic rings. The van der Waals surface area contributed by atoms with Crippen LogP contribution in [-0.4, -0.2) is 161 Å². The summed E-state index contributed by atoms with van der Waals surface area (Å²) in [6.07, 6.45) is 38.3. The van der Waals surface area contributed by atoms with Gasteiger partial charge < -0.3 is 63.4 Å². The highest BCUT2D eigenvalue weighted by Crippen LogP contribution is 2.67. The maximum Gasteiger partial charge on any atom is 0.177 e. The highest BCUT2D eigenvalue weighted by molar-refractivity contribution is 5.97. The highest BCUT2D eigenvalue weighted by Gasteiger charge is 2.67. The fourth-order valence-electron chi connectivity index (χ4n) is 27.5. The van der Waals surface area contributed by atoms with Gasteiger partial charge in [0.1, 0.15) is 17.3 Å². The first-order valence-electron chi connectivity index (χ1n) is 48.9. The molecule has 694 valence electrons. The van der Waals surface area contributed by atoms with Gasteiger partial charge in [-0.25, -0.2) is 0 Å². The molecule has 5 N–H and O–H groups in total. The van der Waals surface area contributed by atoms with Crippen LogP contribution in [0.4, 0.5) is 0 Å². The number of hydrogen-bond donors (Lipinski definition) is 5.